The van der Waals surface area contributed by atoms with Gasteiger partial charge in [0, 0.05) is 53.5 Å². The van der Waals surface area contributed by atoms with Crippen LogP contribution in [0, 0.1) is 11.3 Å². The first-order chi connectivity index (χ1) is 25.1. The second-order valence-electron chi connectivity index (χ2n) is 12.6. The number of hydrogen-bond donors (Lipinski definition) is 2. The molecule has 0 radical (unpaired) electrons. The molecule has 1 aliphatic rings. The molecule has 52 heavy (non-hydrogen) atoms. The fourth-order valence-corrected chi connectivity index (χ4v) is 6.85. The van der Waals surface area contributed by atoms with Crippen molar-refractivity contribution in [2.24, 2.45) is 11.3 Å². The predicted molar refractivity (Wildman–Crippen MR) is 190 cm³/mol. The molecule has 1 fully saturated rings. The SMILES string of the molecule is CCC1OC(OCCCCCCOP(=O)(OC)OCCCOCC(COC)(COCCCOP=O)COCCCOP=O)C(NC(C)=O)C(O)C1C. The maximum Gasteiger partial charge on any atom is 0.474 e. The summed E-state index contributed by atoms with van der Waals surface area (Å²) >= 11 is 0. The van der Waals surface area contributed by atoms with Crippen molar-refractivity contribution < 1.29 is 74.6 Å². The van der Waals surface area contributed by atoms with E-state index >= 15 is 0 Å². The molecule has 306 valence electrons. The van der Waals surface area contributed by atoms with Crippen molar-refractivity contribution in [3.63, 3.8) is 0 Å². The summed E-state index contributed by atoms with van der Waals surface area (Å²) in [5.41, 5.74) is -0.625. The Hall–Kier alpha value is -0.580. The van der Waals surface area contributed by atoms with Gasteiger partial charge in [-0.2, -0.15) is 0 Å². The van der Waals surface area contributed by atoms with Gasteiger partial charge in [-0.1, -0.05) is 26.7 Å². The molecule has 17 nitrogen and oxygen atoms in total. The van der Waals surface area contributed by atoms with E-state index < -0.39 is 31.7 Å². The quantitative estimate of drug-likeness (QED) is 0.0617. The number of ether oxygens (including phenoxy) is 6. The topological polar surface area (TPSA) is 202 Å². The third-order valence-electron chi connectivity index (χ3n) is 8.17. The molecule has 2 N–H and O–H groups in total. The van der Waals surface area contributed by atoms with Gasteiger partial charge in [0.05, 0.1) is 70.5 Å². The Morgan fingerprint density at radius 1 is 0.788 bits per heavy atom. The standard InChI is InChI=1S/C32H62NO16P3/c1-6-28-26(2)30(35)29(33-27(3)34)31(49-28)44-17-9-7-8-10-20-47-52(38,40-5)48-21-13-16-43-25-32(22-39-4,23-41-14-11-18-45-50-36)24-42-15-12-19-46-51-37/h26,28-31,35H,6-25H2,1-5H3,(H,33,34). The van der Waals surface area contributed by atoms with E-state index in [4.69, 9.17) is 51.0 Å². The number of carbonyl (C=O) groups excluding carboxylic acids is 1. The van der Waals surface area contributed by atoms with Crippen LogP contribution in [0.25, 0.3) is 0 Å². The van der Waals surface area contributed by atoms with Gasteiger partial charge in [-0.15, -0.1) is 0 Å². The van der Waals surface area contributed by atoms with Gasteiger partial charge in [0.25, 0.3) is 0 Å². The molecule has 0 aromatic heterocycles. The molecule has 1 aliphatic heterocycles. The molecule has 1 heterocycles. The third-order valence-corrected chi connectivity index (χ3v) is 10.2. The zero-order chi connectivity index (χ0) is 38.5. The highest BCUT2D eigenvalue weighted by atomic mass is 31.2. The van der Waals surface area contributed by atoms with Gasteiger partial charge in [0.1, 0.15) is 6.04 Å². The van der Waals surface area contributed by atoms with Crippen LogP contribution in [0.1, 0.15) is 72.1 Å². The normalized spacial score (nSPS) is 23.1. The average molecular weight is 810 g/mol. The number of methoxy groups -OCH3 is 1. The monoisotopic (exact) mass is 809 g/mol. The number of rotatable bonds is 35. The summed E-state index contributed by atoms with van der Waals surface area (Å²) in [5, 5.41) is 13.5. The first kappa shape index (κ1) is 49.4. The van der Waals surface area contributed by atoms with Crippen LogP contribution in [0.2, 0.25) is 0 Å². The first-order valence-corrected chi connectivity index (χ1v) is 20.8. The molecule has 1 saturated heterocycles. The minimum Gasteiger partial charge on any atom is -0.390 e. The Morgan fingerprint density at radius 2 is 1.31 bits per heavy atom. The van der Waals surface area contributed by atoms with E-state index in [2.05, 4.69) is 5.32 Å². The summed E-state index contributed by atoms with van der Waals surface area (Å²) in [5.74, 6) is -0.389. The fourth-order valence-electron chi connectivity index (χ4n) is 5.45. The minimum absolute atomic E-state index is 0.0833. The van der Waals surface area contributed by atoms with Gasteiger partial charge < -0.3 is 38.8 Å². The number of phosphoric ester groups is 1. The number of hydrogen-bond acceptors (Lipinski definition) is 16. The van der Waals surface area contributed by atoms with E-state index in [0.717, 1.165) is 25.7 Å². The summed E-state index contributed by atoms with van der Waals surface area (Å²) in [6, 6.07) is -0.636. The Labute approximate surface area is 312 Å². The fraction of sp³-hybridized carbons (Fsp3) is 0.969. The molecule has 0 saturated carbocycles. The number of aliphatic hydroxyl groups excluding tert-OH is 1. The van der Waals surface area contributed by atoms with Crippen LogP contribution in [0.4, 0.5) is 0 Å². The number of carbonyl (C=O) groups is 1. The molecule has 20 heteroatoms. The van der Waals surface area contributed by atoms with Crippen LogP contribution in [-0.2, 0) is 69.5 Å². The van der Waals surface area contributed by atoms with Crippen LogP contribution >= 0.6 is 25.2 Å². The number of amides is 1. The van der Waals surface area contributed by atoms with Gasteiger partial charge >= 0.3 is 25.2 Å². The maximum absolute atomic E-state index is 12.9. The van der Waals surface area contributed by atoms with Crippen LogP contribution in [-0.4, -0.2) is 129 Å². The Morgan fingerprint density at radius 3 is 1.79 bits per heavy atom. The van der Waals surface area contributed by atoms with Crippen molar-refractivity contribution in [3.8, 4) is 0 Å². The molecule has 1 amide bonds. The largest absolute Gasteiger partial charge is 0.474 e. The van der Waals surface area contributed by atoms with Crippen molar-refractivity contribution in [2.75, 3.05) is 93.5 Å². The molecule has 6 atom stereocenters. The summed E-state index contributed by atoms with van der Waals surface area (Å²) < 4.78 is 94.5. The van der Waals surface area contributed by atoms with Crippen LogP contribution in [0.15, 0.2) is 0 Å². The van der Waals surface area contributed by atoms with Gasteiger partial charge in [0.2, 0.25) is 5.91 Å². The number of nitrogens with one attached hydrogen (secondary N) is 1. The van der Waals surface area contributed by atoms with E-state index in [9.17, 15) is 23.6 Å². The zero-order valence-corrected chi connectivity index (χ0v) is 34.1. The van der Waals surface area contributed by atoms with Crippen LogP contribution in [0.3, 0.4) is 0 Å². The van der Waals surface area contributed by atoms with Crippen molar-refractivity contribution in [2.45, 2.75) is 96.7 Å². The summed E-state index contributed by atoms with van der Waals surface area (Å²) in [4.78, 5) is 11.7. The minimum atomic E-state index is -3.74. The lowest BCUT2D eigenvalue weighted by molar-refractivity contribution is -0.249. The number of aliphatic hydroxyl groups is 1. The van der Waals surface area contributed by atoms with Crippen molar-refractivity contribution in [3.05, 3.63) is 0 Å². The zero-order valence-electron chi connectivity index (χ0n) is 31.4. The van der Waals surface area contributed by atoms with E-state index in [-0.39, 0.29) is 68.3 Å². The lowest BCUT2D eigenvalue weighted by Gasteiger charge is -2.43. The second-order valence-corrected chi connectivity index (χ2v) is 15.2. The van der Waals surface area contributed by atoms with E-state index in [0.29, 0.717) is 71.9 Å². The molecule has 6 unspecified atom stereocenters. The van der Waals surface area contributed by atoms with Crippen LogP contribution < -0.4 is 5.32 Å². The molecule has 0 aromatic rings. The van der Waals surface area contributed by atoms with Crippen molar-refractivity contribution >= 4 is 31.1 Å². The highest BCUT2D eigenvalue weighted by molar-refractivity contribution is 7.48. The van der Waals surface area contributed by atoms with Crippen LogP contribution in [0.5, 0.6) is 0 Å². The lowest BCUT2D eigenvalue weighted by atomic mass is 9.88. The highest BCUT2D eigenvalue weighted by Crippen LogP contribution is 2.48. The average Bonchev–Trinajstić information content (AvgIpc) is 3.13. The van der Waals surface area contributed by atoms with Crippen molar-refractivity contribution in [1.82, 2.24) is 5.32 Å². The van der Waals surface area contributed by atoms with Crippen molar-refractivity contribution in [1.29, 1.82) is 0 Å². The molecule has 0 aromatic carbocycles. The number of phosphoric acid groups is 1. The maximum atomic E-state index is 12.9. The first-order valence-electron chi connectivity index (χ1n) is 17.9. The van der Waals surface area contributed by atoms with Gasteiger partial charge in [-0.3, -0.25) is 27.4 Å². The summed E-state index contributed by atoms with van der Waals surface area (Å²) in [6.07, 6.45) is 3.57. The molecular weight excluding hydrogens is 747 g/mol. The Balaban J connectivity index is 2.39. The Bertz CT molecular complexity index is 966. The second kappa shape index (κ2) is 30.6. The van der Waals surface area contributed by atoms with E-state index in [1.54, 1.807) is 7.11 Å². The molecular formula is C32H62NO16P3. The van der Waals surface area contributed by atoms with Gasteiger partial charge in [-0.25, -0.2) is 13.7 Å². The van der Waals surface area contributed by atoms with Gasteiger partial charge in [-0.05, 0) is 38.5 Å². The smallest absolute Gasteiger partial charge is 0.390 e. The Kier molecular flexibility index (Phi) is 29.1. The molecule has 0 bridgehead atoms. The van der Waals surface area contributed by atoms with E-state index in [1.807, 2.05) is 13.8 Å². The predicted octanol–water partition coefficient (Wildman–Crippen LogP) is 5.29. The summed E-state index contributed by atoms with van der Waals surface area (Å²) in [6.45, 7) is 8.70. The molecule has 0 spiro atoms. The molecule has 0 aliphatic carbocycles. The number of unbranched alkanes of at least 4 members (excludes halogenated alkanes) is 3. The third kappa shape index (κ3) is 21.5. The van der Waals surface area contributed by atoms with Gasteiger partial charge in [0.15, 0.2) is 6.29 Å². The highest BCUT2D eigenvalue weighted by Gasteiger charge is 2.43. The lowest BCUT2D eigenvalue weighted by Crippen LogP contribution is -2.61. The summed E-state index contributed by atoms with van der Waals surface area (Å²) in [7, 11) is -1.63. The van der Waals surface area contributed by atoms with E-state index in [1.165, 1.54) is 14.0 Å². The molecule has 1 rings (SSSR count).